The summed E-state index contributed by atoms with van der Waals surface area (Å²) in [7, 11) is 0. The van der Waals surface area contributed by atoms with Gasteiger partial charge in [0.15, 0.2) is 0 Å². The molecule has 0 amide bonds. The van der Waals surface area contributed by atoms with Crippen molar-refractivity contribution in [1.82, 2.24) is 0 Å². The molecule has 0 bridgehead atoms. The fourth-order valence-corrected chi connectivity index (χ4v) is 1.71. The maximum absolute atomic E-state index is 5.99. The lowest BCUT2D eigenvalue weighted by Crippen LogP contribution is -2.28. The number of fused-ring (bicyclic) bond motifs is 1. The summed E-state index contributed by atoms with van der Waals surface area (Å²) >= 11 is 0. The van der Waals surface area contributed by atoms with Gasteiger partial charge in [0.2, 0.25) is 0 Å². The van der Waals surface area contributed by atoms with Crippen molar-refractivity contribution < 1.29 is 0 Å². The molecule has 2 nitrogen and oxygen atoms in total. The molecule has 1 aromatic carbocycles. The SMILES string of the molecule is CC1=NC(C)(N)c2ccccc21. The van der Waals surface area contributed by atoms with Crippen LogP contribution in [0.2, 0.25) is 0 Å². The second-order valence-corrected chi connectivity index (χ2v) is 3.39. The Bertz CT molecular complexity index is 351. The minimum atomic E-state index is -0.513. The first-order chi connectivity index (χ1) is 5.61. The maximum atomic E-state index is 5.99. The van der Waals surface area contributed by atoms with Crippen molar-refractivity contribution in [3.05, 3.63) is 35.4 Å². The summed E-state index contributed by atoms with van der Waals surface area (Å²) in [5, 5.41) is 0. The van der Waals surface area contributed by atoms with Gasteiger partial charge in [-0.05, 0) is 13.8 Å². The number of nitrogens with two attached hydrogens (primary N) is 1. The molecule has 2 N–H and O–H groups in total. The molecule has 62 valence electrons. The Morgan fingerprint density at radius 1 is 1.33 bits per heavy atom. The average Bonchev–Trinajstić information content (AvgIpc) is 2.25. The van der Waals surface area contributed by atoms with Crippen molar-refractivity contribution in [2.24, 2.45) is 10.7 Å². The summed E-state index contributed by atoms with van der Waals surface area (Å²) in [6, 6.07) is 8.11. The van der Waals surface area contributed by atoms with Crippen LogP contribution in [0.1, 0.15) is 25.0 Å². The molecular weight excluding hydrogens is 148 g/mol. The van der Waals surface area contributed by atoms with Crippen LogP contribution in [0, 0.1) is 0 Å². The number of nitrogens with zero attached hydrogens (tertiary/aromatic N) is 1. The third-order valence-electron chi connectivity index (χ3n) is 2.26. The number of aliphatic imine (C=N–C) groups is 1. The van der Waals surface area contributed by atoms with Crippen molar-refractivity contribution in [2.45, 2.75) is 19.5 Å². The summed E-state index contributed by atoms with van der Waals surface area (Å²) < 4.78 is 0. The van der Waals surface area contributed by atoms with Crippen LogP contribution in [-0.4, -0.2) is 5.71 Å². The minimum Gasteiger partial charge on any atom is -0.304 e. The van der Waals surface area contributed by atoms with Gasteiger partial charge in [-0.1, -0.05) is 24.3 Å². The smallest absolute Gasteiger partial charge is 0.131 e. The number of hydrogen-bond donors (Lipinski definition) is 1. The highest BCUT2D eigenvalue weighted by Crippen LogP contribution is 2.30. The van der Waals surface area contributed by atoms with Crippen molar-refractivity contribution >= 4 is 5.71 Å². The van der Waals surface area contributed by atoms with Gasteiger partial charge in [0.25, 0.3) is 0 Å². The van der Waals surface area contributed by atoms with Gasteiger partial charge in [0.1, 0.15) is 5.66 Å². The first kappa shape index (κ1) is 7.50. The molecule has 1 atom stereocenters. The van der Waals surface area contributed by atoms with Gasteiger partial charge >= 0.3 is 0 Å². The van der Waals surface area contributed by atoms with E-state index < -0.39 is 5.66 Å². The molecule has 0 aromatic heterocycles. The van der Waals surface area contributed by atoms with Crippen LogP contribution in [-0.2, 0) is 5.66 Å². The molecule has 1 aliphatic heterocycles. The molecule has 12 heavy (non-hydrogen) atoms. The highest BCUT2D eigenvalue weighted by molar-refractivity contribution is 6.02. The normalized spacial score (nSPS) is 26.8. The van der Waals surface area contributed by atoms with Gasteiger partial charge in [-0.25, -0.2) is 0 Å². The lowest BCUT2D eigenvalue weighted by atomic mass is 9.99. The quantitative estimate of drug-likeness (QED) is 0.615. The second-order valence-electron chi connectivity index (χ2n) is 3.39. The van der Waals surface area contributed by atoms with E-state index in [1.54, 1.807) is 0 Å². The van der Waals surface area contributed by atoms with E-state index in [0.29, 0.717) is 0 Å². The van der Waals surface area contributed by atoms with E-state index in [1.165, 1.54) is 5.56 Å². The third kappa shape index (κ3) is 0.883. The lowest BCUT2D eigenvalue weighted by molar-refractivity contribution is 0.537. The summed E-state index contributed by atoms with van der Waals surface area (Å²) in [4.78, 5) is 4.38. The summed E-state index contributed by atoms with van der Waals surface area (Å²) in [5.74, 6) is 0. The van der Waals surface area contributed by atoms with E-state index in [9.17, 15) is 0 Å². The average molecular weight is 160 g/mol. The Balaban J connectivity index is 2.68. The van der Waals surface area contributed by atoms with Crippen molar-refractivity contribution in [3.63, 3.8) is 0 Å². The van der Waals surface area contributed by atoms with Gasteiger partial charge < -0.3 is 5.73 Å². The Labute approximate surface area is 72.1 Å². The van der Waals surface area contributed by atoms with Crippen LogP contribution < -0.4 is 5.73 Å². The number of rotatable bonds is 0. The van der Waals surface area contributed by atoms with Gasteiger partial charge in [-0.15, -0.1) is 0 Å². The predicted molar refractivity (Wildman–Crippen MR) is 50.2 cm³/mol. The zero-order chi connectivity index (χ0) is 8.77. The van der Waals surface area contributed by atoms with Gasteiger partial charge in [-0.2, -0.15) is 0 Å². The molecule has 0 saturated heterocycles. The maximum Gasteiger partial charge on any atom is 0.131 e. The molecule has 2 rings (SSSR count). The molecule has 0 saturated carbocycles. The monoisotopic (exact) mass is 160 g/mol. The number of hydrogen-bond acceptors (Lipinski definition) is 2. The fraction of sp³-hybridized carbons (Fsp3) is 0.300. The minimum absolute atomic E-state index is 0.513. The van der Waals surface area contributed by atoms with Crippen LogP contribution in [0.15, 0.2) is 29.3 Å². The largest absolute Gasteiger partial charge is 0.304 e. The van der Waals surface area contributed by atoms with Gasteiger partial charge in [0, 0.05) is 16.8 Å². The molecule has 0 aliphatic carbocycles. The van der Waals surface area contributed by atoms with E-state index in [0.717, 1.165) is 11.3 Å². The molecule has 1 heterocycles. The van der Waals surface area contributed by atoms with Crippen LogP contribution in [0.4, 0.5) is 0 Å². The Hall–Kier alpha value is -1.15. The first-order valence-electron chi connectivity index (χ1n) is 4.06. The van der Waals surface area contributed by atoms with Crippen molar-refractivity contribution in [2.75, 3.05) is 0 Å². The standard InChI is InChI=1S/C10H12N2/c1-7-8-5-3-4-6-9(8)10(2,11)12-7/h3-6H,11H2,1-2H3. The molecule has 2 heteroatoms. The molecule has 0 fully saturated rings. The molecule has 0 spiro atoms. The van der Waals surface area contributed by atoms with E-state index in [1.807, 2.05) is 32.0 Å². The van der Waals surface area contributed by atoms with E-state index in [2.05, 4.69) is 11.1 Å². The lowest BCUT2D eigenvalue weighted by Gasteiger charge is -2.15. The van der Waals surface area contributed by atoms with Crippen LogP contribution in [0.5, 0.6) is 0 Å². The van der Waals surface area contributed by atoms with Crippen molar-refractivity contribution in [3.8, 4) is 0 Å². The van der Waals surface area contributed by atoms with E-state index >= 15 is 0 Å². The first-order valence-corrected chi connectivity index (χ1v) is 4.06. The van der Waals surface area contributed by atoms with Gasteiger partial charge in [-0.3, -0.25) is 4.99 Å². The van der Waals surface area contributed by atoms with Crippen LogP contribution in [0.3, 0.4) is 0 Å². The Kier molecular flexibility index (Phi) is 1.36. The molecule has 1 aromatic rings. The highest BCUT2D eigenvalue weighted by Gasteiger charge is 2.29. The molecular formula is C10H12N2. The summed E-state index contributed by atoms with van der Waals surface area (Å²) in [6.45, 7) is 3.93. The highest BCUT2D eigenvalue weighted by atomic mass is 15.0. The van der Waals surface area contributed by atoms with E-state index in [-0.39, 0.29) is 0 Å². The van der Waals surface area contributed by atoms with Crippen molar-refractivity contribution in [1.29, 1.82) is 0 Å². The summed E-state index contributed by atoms with van der Waals surface area (Å²) in [6.07, 6.45) is 0. The third-order valence-corrected chi connectivity index (χ3v) is 2.26. The Morgan fingerprint density at radius 3 is 2.67 bits per heavy atom. The zero-order valence-electron chi connectivity index (χ0n) is 7.33. The van der Waals surface area contributed by atoms with Gasteiger partial charge in [0.05, 0.1) is 0 Å². The predicted octanol–water partition coefficient (Wildman–Crippen LogP) is 1.64. The zero-order valence-corrected chi connectivity index (χ0v) is 7.33. The topological polar surface area (TPSA) is 38.4 Å². The summed E-state index contributed by atoms with van der Waals surface area (Å²) in [5.41, 5.74) is 8.83. The van der Waals surface area contributed by atoms with Crippen LogP contribution >= 0.6 is 0 Å². The number of benzene rings is 1. The second kappa shape index (κ2) is 2.17. The molecule has 1 aliphatic rings. The fourth-order valence-electron chi connectivity index (χ4n) is 1.71. The van der Waals surface area contributed by atoms with E-state index in [4.69, 9.17) is 5.73 Å². The van der Waals surface area contributed by atoms with Crippen LogP contribution in [0.25, 0.3) is 0 Å². The molecule has 1 unspecified atom stereocenters. The Morgan fingerprint density at radius 2 is 2.00 bits per heavy atom. The molecule has 0 radical (unpaired) electrons.